The Bertz CT molecular complexity index is 821. The number of carbonyl (C=O) groups excluding carboxylic acids is 1. The molecule has 1 heterocycles. The fraction of sp³-hybridized carbons (Fsp3) is 0.333. The molecule has 2 aromatic carbocycles. The van der Waals surface area contributed by atoms with Crippen LogP contribution in [0.25, 0.3) is 11.1 Å². The van der Waals surface area contributed by atoms with Gasteiger partial charge >= 0.3 is 0 Å². The maximum absolute atomic E-state index is 13.5. The van der Waals surface area contributed by atoms with Crippen LogP contribution in [0.2, 0.25) is 0 Å². The third-order valence-electron chi connectivity index (χ3n) is 4.65. The zero-order valence-corrected chi connectivity index (χ0v) is 14.7. The molecule has 4 nitrogen and oxygen atoms in total. The fourth-order valence-corrected chi connectivity index (χ4v) is 3.16. The van der Waals surface area contributed by atoms with Gasteiger partial charge in [0, 0.05) is 25.8 Å². The summed E-state index contributed by atoms with van der Waals surface area (Å²) in [6.07, 6.45) is 3.33. The molecule has 1 fully saturated rings. The van der Waals surface area contributed by atoms with E-state index < -0.39 is 5.82 Å². The van der Waals surface area contributed by atoms with Crippen molar-refractivity contribution in [1.82, 2.24) is 4.90 Å². The first-order chi connectivity index (χ1) is 12.6. The van der Waals surface area contributed by atoms with Crippen molar-refractivity contribution >= 4 is 5.91 Å². The van der Waals surface area contributed by atoms with Crippen LogP contribution in [0, 0.1) is 17.1 Å². The maximum atomic E-state index is 13.5. The number of carbonyl (C=O) groups is 1. The van der Waals surface area contributed by atoms with E-state index in [0.717, 1.165) is 37.0 Å². The van der Waals surface area contributed by atoms with Crippen molar-refractivity contribution in [2.24, 2.45) is 0 Å². The van der Waals surface area contributed by atoms with Crippen molar-refractivity contribution in [2.45, 2.75) is 25.4 Å². The minimum atomic E-state index is -0.533. The third-order valence-corrected chi connectivity index (χ3v) is 4.65. The number of ether oxygens (including phenoxy) is 1. The molecule has 0 N–H and O–H groups in total. The van der Waals surface area contributed by atoms with Gasteiger partial charge in [0.05, 0.1) is 11.7 Å². The van der Waals surface area contributed by atoms with E-state index in [1.54, 1.807) is 30.1 Å². The minimum Gasteiger partial charge on any atom is -0.376 e. The van der Waals surface area contributed by atoms with Gasteiger partial charge < -0.3 is 9.64 Å². The number of halogens is 1. The molecule has 3 rings (SSSR count). The van der Waals surface area contributed by atoms with Crippen molar-refractivity contribution < 1.29 is 13.9 Å². The molecule has 1 amide bonds. The smallest absolute Gasteiger partial charge is 0.253 e. The van der Waals surface area contributed by atoms with Gasteiger partial charge in [-0.25, -0.2) is 4.39 Å². The van der Waals surface area contributed by atoms with Crippen molar-refractivity contribution in [3.05, 3.63) is 59.4 Å². The van der Waals surface area contributed by atoms with Gasteiger partial charge in [0.1, 0.15) is 11.9 Å². The summed E-state index contributed by atoms with van der Waals surface area (Å²) < 4.78 is 19.1. The number of hydrogen-bond acceptors (Lipinski definition) is 3. The van der Waals surface area contributed by atoms with E-state index in [1.807, 2.05) is 18.2 Å². The summed E-state index contributed by atoms with van der Waals surface area (Å²) in [6.45, 7) is 1.35. The van der Waals surface area contributed by atoms with E-state index in [2.05, 4.69) is 0 Å². The monoisotopic (exact) mass is 352 g/mol. The molecule has 1 aliphatic rings. The Morgan fingerprint density at radius 1 is 1.23 bits per heavy atom. The molecule has 0 unspecified atom stereocenters. The number of benzene rings is 2. The van der Waals surface area contributed by atoms with Crippen LogP contribution >= 0.6 is 0 Å². The van der Waals surface area contributed by atoms with Crippen LogP contribution < -0.4 is 0 Å². The molecular formula is C21H21FN2O2. The standard InChI is InChI=1S/C21H21FN2O2/c1-24(14-19-4-2-3-11-26-19)21(25)16-7-5-15(6-8-16)17-9-10-20(22)18(12-17)13-23/h5-10,12,19H,2-4,11,14H2,1H3/t19-/m1/s1. The lowest BCUT2D eigenvalue weighted by Gasteiger charge is -2.27. The molecule has 2 aromatic rings. The van der Waals surface area contributed by atoms with Crippen LogP contribution in [-0.4, -0.2) is 37.1 Å². The molecule has 1 atom stereocenters. The highest BCUT2D eigenvalue weighted by molar-refractivity contribution is 5.94. The summed E-state index contributed by atoms with van der Waals surface area (Å²) in [4.78, 5) is 14.3. The van der Waals surface area contributed by atoms with Gasteiger partial charge in [0.25, 0.3) is 5.91 Å². The summed E-state index contributed by atoms with van der Waals surface area (Å²) in [7, 11) is 1.79. The Balaban J connectivity index is 1.70. The van der Waals surface area contributed by atoms with Gasteiger partial charge in [-0.05, 0) is 54.7 Å². The minimum absolute atomic E-state index is 0.00914. The average Bonchev–Trinajstić information content (AvgIpc) is 2.68. The van der Waals surface area contributed by atoms with Crippen molar-refractivity contribution in [2.75, 3.05) is 20.2 Å². The predicted molar refractivity (Wildman–Crippen MR) is 97.1 cm³/mol. The zero-order chi connectivity index (χ0) is 18.5. The number of nitriles is 1. The van der Waals surface area contributed by atoms with Crippen molar-refractivity contribution in [3.63, 3.8) is 0 Å². The van der Waals surface area contributed by atoms with Crippen molar-refractivity contribution in [3.8, 4) is 17.2 Å². The van der Waals surface area contributed by atoms with E-state index in [0.29, 0.717) is 12.1 Å². The largest absolute Gasteiger partial charge is 0.376 e. The number of hydrogen-bond donors (Lipinski definition) is 0. The summed E-state index contributed by atoms with van der Waals surface area (Å²) in [5.74, 6) is -0.586. The Kier molecular flexibility index (Phi) is 5.65. The molecule has 1 aliphatic heterocycles. The SMILES string of the molecule is CN(C[C@H]1CCCCO1)C(=O)c1ccc(-c2ccc(F)c(C#N)c2)cc1. The first-order valence-electron chi connectivity index (χ1n) is 8.75. The summed E-state index contributed by atoms with van der Waals surface area (Å²) in [5, 5.41) is 8.95. The Hall–Kier alpha value is -2.71. The number of likely N-dealkylation sites (N-methyl/N-ethyl adjacent to an activating group) is 1. The van der Waals surface area contributed by atoms with Gasteiger partial charge in [0.2, 0.25) is 0 Å². The van der Waals surface area contributed by atoms with E-state index in [4.69, 9.17) is 10.00 Å². The van der Waals surface area contributed by atoms with E-state index in [9.17, 15) is 9.18 Å². The van der Waals surface area contributed by atoms with Gasteiger partial charge in [-0.3, -0.25) is 4.79 Å². The fourth-order valence-electron chi connectivity index (χ4n) is 3.16. The van der Waals surface area contributed by atoms with Crippen LogP contribution in [0.5, 0.6) is 0 Å². The predicted octanol–water partition coefficient (Wildman–Crippen LogP) is 4.01. The molecule has 0 aliphatic carbocycles. The second-order valence-electron chi connectivity index (χ2n) is 6.56. The van der Waals surface area contributed by atoms with Crippen LogP contribution in [0.4, 0.5) is 4.39 Å². The second-order valence-corrected chi connectivity index (χ2v) is 6.56. The summed E-state index contributed by atoms with van der Waals surface area (Å²) in [6, 6.07) is 13.4. The van der Waals surface area contributed by atoms with E-state index in [1.165, 1.54) is 12.1 Å². The van der Waals surface area contributed by atoms with E-state index >= 15 is 0 Å². The highest BCUT2D eigenvalue weighted by Crippen LogP contribution is 2.23. The van der Waals surface area contributed by atoms with Crippen LogP contribution in [0.3, 0.4) is 0 Å². The second kappa shape index (κ2) is 8.11. The molecule has 26 heavy (non-hydrogen) atoms. The molecule has 0 bridgehead atoms. The van der Waals surface area contributed by atoms with Gasteiger partial charge in [-0.2, -0.15) is 5.26 Å². The molecule has 5 heteroatoms. The zero-order valence-electron chi connectivity index (χ0n) is 14.7. The number of nitrogens with zero attached hydrogens (tertiary/aromatic N) is 2. The number of rotatable bonds is 4. The van der Waals surface area contributed by atoms with E-state index in [-0.39, 0.29) is 17.6 Å². The lowest BCUT2D eigenvalue weighted by Crippen LogP contribution is -2.37. The molecule has 0 radical (unpaired) electrons. The normalized spacial score (nSPS) is 16.7. The summed E-state index contributed by atoms with van der Waals surface area (Å²) in [5.41, 5.74) is 2.17. The van der Waals surface area contributed by atoms with Crippen LogP contribution in [0.15, 0.2) is 42.5 Å². The van der Waals surface area contributed by atoms with Gasteiger partial charge in [-0.15, -0.1) is 0 Å². The highest BCUT2D eigenvalue weighted by Gasteiger charge is 2.19. The Morgan fingerprint density at radius 2 is 1.96 bits per heavy atom. The topological polar surface area (TPSA) is 53.3 Å². The van der Waals surface area contributed by atoms with Crippen LogP contribution in [-0.2, 0) is 4.74 Å². The quantitative estimate of drug-likeness (QED) is 0.835. The molecule has 134 valence electrons. The highest BCUT2D eigenvalue weighted by atomic mass is 19.1. The molecular weight excluding hydrogens is 331 g/mol. The van der Waals surface area contributed by atoms with Crippen LogP contribution in [0.1, 0.15) is 35.2 Å². The summed E-state index contributed by atoms with van der Waals surface area (Å²) >= 11 is 0. The lowest BCUT2D eigenvalue weighted by molar-refractivity contribution is -0.000186. The number of amides is 1. The Labute approximate surface area is 152 Å². The molecule has 0 spiro atoms. The lowest BCUT2D eigenvalue weighted by atomic mass is 10.0. The average molecular weight is 352 g/mol. The van der Waals surface area contributed by atoms with Gasteiger partial charge in [-0.1, -0.05) is 18.2 Å². The third kappa shape index (κ3) is 4.09. The first-order valence-corrected chi connectivity index (χ1v) is 8.75. The first kappa shape index (κ1) is 18.1. The van der Waals surface area contributed by atoms with Crippen molar-refractivity contribution in [1.29, 1.82) is 5.26 Å². The van der Waals surface area contributed by atoms with Gasteiger partial charge in [0.15, 0.2) is 0 Å². The molecule has 0 saturated carbocycles. The Morgan fingerprint density at radius 3 is 2.62 bits per heavy atom. The molecule has 1 saturated heterocycles. The maximum Gasteiger partial charge on any atom is 0.253 e. The molecule has 0 aromatic heterocycles.